The quantitative estimate of drug-likeness (QED) is 0.515. The molecule has 1 amide bonds. The predicted molar refractivity (Wildman–Crippen MR) is 119 cm³/mol. The zero-order valence-electron chi connectivity index (χ0n) is 16.8. The molecule has 7 heteroatoms. The lowest BCUT2D eigenvalue weighted by Crippen LogP contribution is -2.15. The van der Waals surface area contributed by atoms with Crippen molar-refractivity contribution in [2.24, 2.45) is 0 Å². The normalized spacial score (nSPS) is 10.8. The molecule has 0 aliphatic heterocycles. The van der Waals surface area contributed by atoms with E-state index in [1.54, 1.807) is 12.1 Å². The van der Waals surface area contributed by atoms with E-state index >= 15 is 0 Å². The third kappa shape index (κ3) is 5.08. The Morgan fingerprint density at radius 1 is 1.14 bits per heavy atom. The fourth-order valence-corrected chi connectivity index (χ4v) is 3.87. The summed E-state index contributed by atoms with van der Waals surface area (Å²) in [4.78, 5) is 17.1. The van der Waals surface area contributed by atoms with Gasteiger partial charge < -0.3 is 14.8 Å². The molecule has 0 spiro atoms. The van der Waals surface area contributed by atoms with Crippen molar-refractivity contribution in [2.75, 3.05) is 19.5 Å². The van der Waals surface area contributed by atoms with Crippen molar-refractivity contribution in [3.05, 3.63) is 58.1 Å². The molecule has 0 atom stereocenters. The number of anilines is 1. The highest BCUT2D eigenvalue weighted by molar-refractivity contribution is 7.13. The van der Waals surface area contributed by atoms with Crippen molar-refractivity contribution in [1.29, 1.82) is 0 Å². The third-order valence-corrected chi connectivity index (χ3v) is 5.72. The van der Waals surface area contributed by atoms with Crippen LogP contribution in [0.2, 0.25) is 5.02 Å². The first-order valence-corrected chi connectivity index (χ1v) is 10.4. The van der Waals surface area contributed by atoms with Crippen molar-refractivity contribution < 1.29 is 14.3 Å². The monoisotopic (exact) mass is 430 g/mol. The van der Waals surface area contributed by atoms with E-state index in [1.807, 2.05) is 5.38 Å². The molecule has 5 nitrogen and oxygen atoms in total. The Balaban J connectivity index is 1.69. The Morgan fingerprint density at radius 3 is 2.41 bits per heavy atom. The minimum Gasteiger partial charge on any atom is -0.493 e. The molecule has 1 aromatic heterocycles. The molecule has 3 aromatic rings. The van der Waals surface area contributed by atoms with Crippen LogP contribution in [0.15, 0.2) is 41.8 Å². The third-order valence-electron chi connectivity index (χ3n) is 4.47. The van der Waals surface area contributed by atoms with Crippen LogP contribution in [0.4, 0.5) is 5.69 Å². The molecule has 3 rings (SSSR count). The van der Waals surface area contributed by atoms with Gasteiger partial charge in [-0.15, -0.1) is 11.3 Å². The Bertz CT molecular complexity index is 1000. The Kier molecular flexibility index (Phi) is 6.77. The summed E-state index contributed by atoms with van der Waals surface area (Å²) in [6.45, 7) is 4.33. The first kappa shape index (κ1) is 21.1. The number of benzene rings is 2. The van der Waals surface area contributed by atoms with Crippen LogP contribution in [-0.4, -0.2) is 25.1 Å². The van der Waals surface area contributed by atoms with Gasteiger partial charge in [0.1, 0.15) is 5.01 Å². The van der Waals surface area contributed by atoms with Crippen LogP contribution in [0.3, 0.4) is 0 Å². The van der Waals surface area contributed by atoms with E-state index in [-0.39, 0.29) is 12.3 Å². The van der Waals surface area contributed by atoms with E-state index in [0.29, 0.717) is 33.8 Å². The molecule has 0 fully saturated rings. The van der Waals surface area contributed by atoms with Gasteiger partial charge in [-0.3, -0.25) is 4.79 Å². The maximum atomic E-state index is 12.5. The molecular weight excluding hydrogens is 408 g/mol. The number of hydrogen-bond acceptors (Lipinski definition) is 5. The van der Waals surface area contributed by atoms with Gasteiger partial charge in [0.15, 0.2) is 11.5 Å². The molecule has 0 aliphatic carbocycles. The van der Waals surface area contributed by atoms with Gasteiger partial charge in [-0.2, -0.15) is 0 Å². The fraction of sp³-hybridized carbons (Fsp3) is 0.273. The van der Waals surface area contributed by atoms with Crippen LogP contribution in [-0.2, 0) is 11.2 Å². The smallest absolute Gasteiger partial charge is 0.230 e. The van der Waals surface area contributed by atoms with E-state index in [2.05, 4.69) is 48.4 Å². The number of rotatable bonds is 7. The van der Waals surface area contributed by atoms with Crippen LogP contribution in [0.5, 0.6) is 11.5 Å². The second-order valence-electron chi connectivity index (χ2n) is 6.83. The van der Waals surface area contributed by atoms with Crippen LogP contribution >= 0.6 is 22.9 Å². The van der Waals surface area contributed by atoms with E-state index in [0.717, 1.165) is 10.6 Å². The summed E-state index contributed by atoms with van der Waals surface area (Å²) < 4.78 is 10.5. The van der Waals surface area contributed by atoms with E-state index in [9.17, 15) is 4.79 Å². The summed E-state index contributed by atoms with van der Waals surface area (Å²) >= 11 is 7.77. The molecule has 29 heavy (non-hydrogen) atoms. The highest BCUT2D eigenvalue weighted by atomic mass is 35.5. The van der Waals surface area contributed by atoms with E-state index in [4.69, 9.17) is 21.1 Å². The molecule has 2 aromatic carbocycles. The lowest BCUT2D eigenvalue weighted by Gasteiger charge is -2.12. The van der Waals surface area contributed by atoms with Gasteiger partial charge in [-0.05, 0) is 11.5 Å². The average Bonchev–Trinajstić information content (AvgIpc) is 3.17. The first-order valence-electron chi connectivity index (χ1n) is 9.17. The summed E-state index contributed by atoms with van der Waals surface area (Å²) in [5, 5.41) is 5.99. The number of carbonyl (C=O) groups excluding carboxylic acids is 1. The molecule has 0 saturated carbocycles. The second kappa shape index (κ2) is 9.29. The lowest BCUT2D eigenvalue weighted by molar-refractivity contribution is -0.115. The van der Waals surface area contributed by atoms with Crippen LogP contribution in [0, 0.1) is 0 Å². The maximum absolute atomic E-state index is 12.5. The largest absolute Gasteiger partial charge is 0.493 e. The van der Waals surface area contributed by atoms with Crippen LogP contribution < -0.4 is 14.8 Å². The van der Waals surface area contributed by atoms with Gasteiger partial charge in [0.05, 0.1) is 37.0 Å². The van der Waals surface area contributed by atoms with Crippen molar-refractivity contribution in [3.8, 4) is 22.1 Å². The zero-order valence-corrected chi connectivity index (χ0v) is 18.4. The molecule has 0 unspecified atom stereocenters. The zero-order chi connectivity index (χ0) is 21.0. The number of nitrogens with one attached hydrogen (secondary N) is 1. The summed E-state index contributed by atoms with van der Waals surface area (Å²) in [5.74, 6) is 1.28. The summed E-state index contributed by atoms with van der Waals surface area (Å²) in [5.41, 5.74) is 3.52. The molecule has 0 radical (unpaired) electrons. The number of carbonyl (C=O) groups is 1. The van der Waals surface area contributed by atoms with Crippen molar-refractivity contribution in [3.63, 3.8) is 0 Å². The van der Waals surface area contributed by atoms with Crippen molar-refractivity contribution >= 4 is 34.5 Å². The number of aromatic nitrogens is 1. The van der Waals surface area contributed by atoms with Crippen molar-refractivity contribution in [1.82, 2.24) is 4.98 Å². The van der Waals surface area contributed by atoms with Gasteiger partial charge in [-0.1, -0.05) is 49.7 Å². The molecule has 152 valence electrons. The predicted octanol–water partition coefficient (Wildman–Crippen LogP) is 5.79. The minimum atomic E-state index is -0.203. The number of amides is 1. The van der Waals surface area contributed by atoms with E-state index in [1.165, 1.54) is 31.1 Å². The number of ether oxygens (including phenoxy) is 2. The van der Waals surface area contributed by atoms with Crippen LogP contribution in [0.25, 0.3) is 10.6 Å². The number of nitrogens with zero attached hydrogens (tertiary/aromatic N) is 1. The molecule has 1 N–H and O–H groups in total. The minimum absolute atomic E-state index is 0.158. The van der Waals surface area contributed by atoms with Crippen LogP contribution in [0.1, 0.15) is 31.0 Å². The Hall–Kier alpha value is -2.57. The van der Waals surface area contributed by atoms with Gasteiger partial charge >= 0.3 is 0 Å². The SMILES string of the molecule is COc1cc(Cl)c(NC(=O)Cc2csc(-c3ccc(C(C)C)cc3)n2)cc1OC. The van der Waals surface area contributed by atoms with Crippen molar-refractivity contribution in [2.45, 2.75) is 26.2 Å². The van der Waals surface area contributed by atoms with Gasteiger partial charge in [0, 0.05) is 23.1 Å². The summed E-state index contributed by atoms with van der Waals surface area (Å²) in [7, 11) is 3.06. The standard InChI is InChI=1S/C22H23ClN2O3S/c1-13(2)14-5-7-15(8-6-14)22-24-16(12-29-22)9-21(26)25-18-11-20(28-4)19(27-3)10-17(18)23/h5-8,10-13H,9H2,1-4H3,(H,25,26). The number of halogens is 1. The number of hydrogen-bond donors (Lipinski definition) is 1. The van der Waals surface area contributed by atoms with E-state index < -0.39 is 0 Å². The fourth-order valence-electron chi connectivity index (χ4n) is 2.84. The molecule has 0 saturated heterocycles. The second-order valence-corrected chi connectivity index (χ2v) is 8.10. The highest BCUT2D eigenvalue weighted by Crippen LogP contribution is 2.36. The summed E-state index contributed by atoms with van der Waals surface area (Å²) in [6, 6.07) is 11.6. The molecule has 1 heterocycles. The number of thiazole rings is 1. The Morgan fingerprint density at radius 2 is 1.79 bits per heavy atom. The average molecular weight is 431 g/mol. The lowest BCUT2D eigenvalue weighted by atomic mass is 10.0. The first-order chi connectivity index (χ1) is 13.9. The highest BCUT2D eigenvalue weighted by Gasteiger charge is 2.14. The Labute approximate surface area is 179 Å². The maximum Gasteiger partial charge on any atom is 0.230 e. The molecular formula is C22H23ClN2O3S. The van der Waals surface area contributed by atoms with Gasteiger partial charge in [0.2, 0.25) is 5.91 Å². The number of methoxy groups -OCH3 is 2. The van der Waals surface area contributed by atoms with Gasteiger partial charge in [0.25, 0.3) is 0 Å². The summed E-state index contributed by atoms with van der Waals surface area (Å²) in [6.07, 6.45) is 0.158. The van der Waals surface area contributed by atoms with Gasteiger partial charge in [-0.25, -0.2) is 4.98 Å². The molecule has 0 aliphatic rings. The molecule has 0 bridgehead atoms. The topological polar surface area (TPSA) is 60.5 Å².